The molecule has 0 N–H and O–H groups in total. The van der Waals surface area contributed by atoms with Crippen LogP contribution in [0.2, 0.25) is 0 Å². The van der Waals surface area contributed by atoms with Gasteiger partial charge in [0.05, 0.1) is 0 Å². The maximum absolute atomic E-state index is 11.9. The molecule has 25 heavy (non-hydrogen) atoms. The molecule has 5 heteroatoms. The van der Waals surface area contributed by atoms with Crippen molar-refractivity contribution in [1.29, 1.82) is 0 Å². The van der Waals surface area contributed by atoms with Crippen LogP contribution in [0.4, 0.5) is 0 Å². The average molecular weight is 357 g/mol. The van der Waals surface area contributed by atoms with E-state index < -0.39 is 18.0 Å². The van der Waals surface area contributed by atoms with Crippen molar-refractivity contribution < 1.29 is 23.9 Å². The number of ether oxygens (including phenoxy) is 2. The molecule has 0 rings (SSSR count). The molecule has 0 heterocycles. The highest BCUT2D eigenvalue weighted by Crippen LogP contribution is 2.14. The summed E-state index contributed by atoms with van der Waals surface area (Å²) in [6, 6.07) is 0. The zero-order valence-electron chi connectivity index (χ0n) is 16.3. The third kappa shape index (κ3) is 15.9. The fourth-order valence-corrected chi connectivity index (χ4v) is 2.75. The smallest absolute Gasteiger partial charge is 0.303 e. The van der Waals surface area contributed by atoms with E-state index in [-0.39, 0.29) is 12.4 Å². The molecule has 0 saturated heterocycles. The molecule has 0 bridgehead atoms. The highest BCUT2D eigenvalue weighted by atomic mass is 16.6. The van der Waals surface area contributed by atoms with Gasteiger partial charge in [-0.25, -0.2) is 0 Å². The molecule has 1 unspecified atom stereocenters. The molecule has 0 aliphatic heterocycles. The van der Waals surface area contributed by atoms with Crippen molar-refractivity contribution in [3.8, 4) is 0 Å². The van der Waals surface area contributed by atoms with Gasteiger partial charge in [0.25, 0.3) is 0 Å². The van der Waals surface area contributed by atoms with Crippen molar-refractivity contribution in [2.75, 3.05) is 6.61 Å². The van der Waals surface area contributed by atoms with E-state index in [0.717, 1.165) is 19.3 Å². The van der Waals surface area contributed by atoms with Gasteiger partial charge >= 0.3 is 11.9 Å². The van der Waals surface area contributed by atoms with Gasteiger partial charge in [0, 0.05) is 13.8 Å². The zero-order valence-corrected chi connectivity index (χ0v) is 16.3. The van der Waals surface area contributed by atoms with Crippen LogP contribution in [-0.4, -0.2) is 30.4 Å². The van der Waals surface area contributed by atoms with Gasteiger partial charge in [0.1, 0.15) is 0 Å². The summed E-state index contributed by atoms with van der Waals surface area (Å²) in [4.78, 5) is 33.8. The third-order valence-electron chi connectivity index (χ3n) is 4.15. The Morgan fingerprint density at radius 3 is 1.64 bits per heavy atom. The summed E-state index contributed by atoms with van der Waals surface area (Å²) < 4.78 is 9.75. The zero-order chi connectivity index (χ0) is 18.9. The molecule has 0 aromatic carbocycles. The maximum Gasteiger partial charge on any atom is 0.303 e. The van der Waals surface area contributed by atoms with Crippen LogP contribution >= 0.6 is 0 Å². The lowest BCUT2D eigenvalue weighted by molar-refractivity contribution is -0.157. The van der Waals surface area contributed by atoms with Crippen LogP contribution in [-0.2, 0) is 23.9 Å². The molecule has 0 aromatic heterocycles. The monoisotopic (exact) mass is 356 g/mol. The molecule has 0 aromatic rings. The largest absolute Gasteiger partial charge is 0.458 e. The fraction of sp³-hybridized carbons (Fsp3) is 0.850. The molecular weight excluding hydrogens is 320 g/mol. The van der Waals surface area contributed by atoms with Gasteiger partial charge in [0.2, 0.25) is 5.78 Å². The Kier molecular flexibility index (Phi) is 15.2. The van der Waals surface area contributed by atoms with Crippen LogP contribution in [0.5, 0.6) is 0 Å². The number of unbranched alkanes of at least 4 members (excludes halogenated alkanes) is 10. The van der Waals surface area contributed by atoms with Gasteiger partial charge in [-0.3, -0.25) is 14.4 Å². The van der Waals surface area contributed by atoms with Crippen molar-refractivity contribution in [3.05, 3.63) is 0 Å². The molecule has 0 spiro atoms. The molecule has 0 aliphatic rings. The van der Waals surface area contributed by atoms with E-state index in [2.05, 4.69) is 6.92 Å². The molecule has 0 aliphatic carbocycles. The van der Waals surface area contributed by atoms with Crippen LogP contribution in [0.1, 0.15) is 97.8 Å². The summed E-state index contributed by atoms with van der Waals surface area (Å²) in [6.45, 7) is 4.44. The predicted octanol–water partition coefficient (Wildman–Crippen LogP) is 4.75. The van der Waals surface area contributed by atoms with Crippen LogP contribution in [0.15, 0.2) is 0 Å². The van der Waals surface area contributed by atoms with Crippen LogP contribution in [0, 0.1) is 0 Å². The molecule has 5 nitrogen and oxygen atoms in total. The Hall–Kier alpha value is -1.39. The molecule has 0 saturated carbocycles. The minimum Gasteiger partial charge on any atom is -0.458 e. The van der Waals surface area contributed by atoms with Crippen LogP contribution in [0.3, 0.4) is 0 Å². The Bertz CT molecular complexity index is 378. The first-order valence-electron chi connectivity index (χ1n) is 9.80. The Morgan fingerprint density at radius 2 is 1.20 bits per heavy atom. The lowest BCUT2D eigenvalue weighted by Crippen LogP contribution is -2.30. The molecule has 0 radical (unpaired) electrons. The second kappa shape index (κ2) is 16.1. The van der Waals surface area contributed by atoms with Crippen LogP contribution < -0.4 is 0 Å². The molecule has 0 fully saturated rings. The van der Waals surface area contributed by atoms with E-state index in [1.165, 1.54) is 65.2 Å². The molecular formula is C20H36O5. The highest BCUT2D eigenvalue weighted by molar-refractivity contribution is 5.87. The summed E-state index contributed by atoms with van der Waals surface area (Å²) in [6.07, 6.45) is 13.2. The minimum atomic E-state index is -0.796. The standard InChI is InChI=1S/C20H36O5/c1-4-5-6-7-8-9-10-11-12-13-14-15-20(25-18(3)22)19(23)16-24-17(2)21/h20H,4-16H2,1-3H3. The van der Waals surface area contributed by atoms with E-state index in [4.69, 9.17) is 9.47 Å². The van der Waals surface area contributed by atoms with Crippen molar-refractivity contribution >= 4 is 17.7 Å². The molecule has 146 valence electrons. The third-order valence-corrected chi connectivity index (χ3v) is 4.15. The van der Waals surface area contributed by atoms with E-state index in [1.54, 1.807) is 0 Å². The predicted molar refractivity (Wildman–Crippen MR) is 98.3 cm³/mol. The quantitative estimate of drug-likeness (QED) is 0.295. The second-order valence-electron chi connectivity index (χ2n) is 6.67. The number of hydrogen-bond donors (Lipinski definition) is 0. The number of Topliss-reactive ketones (excluding diaryl/α,β-unsaturated/α-hetero) is 1. The first-order valence-corrected chi connectivity index (χ1v) is 9.80. The number of rotatable bonds is 16. The highest BCUT2D eigenvalue weighted by Gasteiger charge is 2.21. The van der Waals surface area contributed by atoms with E-state index >= 15 is 0 Å². The van der Waals surface area contributed by atoms with Crippen molar-refractivity contribution in [1.82, 2.24) is 0 Å². The van der Waals surface area contributed by atoms with E-state index in [9.17, 15) is 14.4 Å². The lowest BCUT2D eigenvalue weighted by Gasteiger charge is -2.15. The van der Waals surface area contributed by atoms with E-state index in [1.807, 2.05) is 0 Å². The van der Waals surface area contributed by atoms with Gasteiger partial charge < -0.3 is 9.47 Å². The Labute approximate surface area is 152 Å². The lowest BCUT2D eigenvalue weighted by atomic mass is 10.0. The van der Waals surface area contributed by atoms with Crippen molar-refractivity contribution in [2.45, 2.75) is 104 Å². The number of ketones is 1. The maximum atomic E-state index is 11.9. The number of carbonyl (C=O) groups excluding carboxylic acids is 3. The first-order chi connectivity index (χ1) is 12.0. The SMILES string of the molecule is CCCCCCCCCCCCCC(OC(C)=O)C(=O)COC(C)=O. The summed E-state index contributed by atoms with van der Waals surface area (Å²) >= 11 is 0. The Balaban J connectivity index is 3.75. The number of carbonyl (C=O) groups is 3. The summed E-state index contributed by atoms with van der Waals surface area (Å²) in [5.41, 5.74) is 0. The first kappa shape index (κ1) is 23.6. The molecule has 0 amide bonds. The topological polar surface area (TPSA) is 69.7 Å². The summed E-state index contributed by atoms with van der Waals surface area (Å²) in [5, 5.41) is 0. The Morgan fingerprint density at radius 1 is 0.720 bits per heavy atom. The van der Waals surface area contributed by atoms with Crippen molar-refractivity contribution in [3.63, 3.8) is 0 Å². The van der Waals surface area contributed by atoms with E-state index in [0.29, 0.717) is 6.42 Å². The van der Waals surface area contributed by atoms with Gasteiger partial charge in [-0.1, -0.05) is 71.1 Å². The minimum absolute atomic E-state index is 0.328. The van der Waals surface area contributed by atoms with Crippen LogP contribution in [0.25, 0.3) is 0 Å². The molecule has 1 atom stereocenters. The average Bonchev–Trinajstić information content (AvgIpc) is 2.56. The fourth-order valence-electron chi connectivity index (χ4n) is 2.75. The van der Waals surface area contributed by atoms with Gasteiger partial charge in [-0.15, -0.1) is 0 Å². The van der Waals surface area contributed by atoms with Crippen molar-refractivity contribution in [2.24, 2.45) is 0 Å². The normalized spacial score (nSPS) is 11.8. The number of hydrogen-bond acceptors (Lipinski definition) is 5. The summed E-state index contributed by atoms with van der Waals surface area (Å²) in [5.74, 6) is -1.34. The van der Waals surface area contributed by atoms with Gasteiger partial charge in [-0.05, 0) is 12.8 Å². The summed E-state index contributed by atoms with van der Waals surface area (Å²) in [7, 11) is 0. The number of esters is 2. The second-order valence-corrected chi connectivity index (χ2v) is 6.67. The van der Waals surface area contributed by atoms with Gasteiger partial charge in [0.15, 0.2) is 12.7 Å². The van der Waals surface area contributed by atoms with Gasteiger partial charge in [-0.2, -0.15) is 0 Å².